The van der Waals surface area contributed by atoms with Crippen molar-refractivity contribution in [1.82, 2.24) is 10.6 Å². The average molecular weight is 302 g/mol. The molecule has 1 aliphatic heterocycles. The van der Waals surface area contributed by atoms with E-state index in [4.69, 9.17) is 9.47 Å². The van der Waals surface area contributed by atoms with Gasteiger partial charge in [-0.3, -0.25) is 0 Å². The SMILES string of the molecule is COC(=O)C1=C(C)NC(=O)N[C@@H]1/C=C\c1ccccc1OC. The summed E-state index contributed by atoms with van der Waals surface area (Å²) in [4.78, 5) is 23.5. The number of ether oxygens (including phenoxy) is 2. The molecule has 0 bridgehead atoms. The van der Waals surface area contributed by atoms with Gasteiger partial charge in [-0.15, -0.1) is 0 Å². The Hall–Kier alpha value is -2.76. The fourth-order valence-electron chi connectivity index (χ4n) is 2.26. The smallest absolute Gasteiger partial charge is 0.337 e. The van der Waals surface area contributed by atoms with E-state index in [1.54, 1.807) is 26.2 Å². The molecule has 0 saturated carbocycles. The van der Waals surface area contributed by atoms with Crippen LogP contribution >= 0.6 is 0 Å². The predicted octanol–water partition coefficient (Wildman–Crippen LogP) is 1.84. The van der Waals surface area contributed by atoms with E-state index in [1.807, 2.05) is 24.3 Å². The molecule has 0 radical (unpaired) electrons. The van der Waals surface area contributed by atoms with Gasteiger partial charge in [-0.1, -0.05) is 30.4 Å². The molecule has 0 fully saturated rings. The topological polar surface area (TPSA) is 76.7 Å². The fourth-order valence-corrected chi connectivity index (χ4v) is 2.26. The summed E-state index contributed by atoms with van der Waals surface area (Å²) in [6.45, 7) is 1.66. The van der Waals surface area contributed by atoms with E-state index in [0.29, 0.717) is 17.0 Å². The van der Waals surface area contributed by atoms with Crippen molar-refractivity contribution in [2.45, 2.75) is 13.0 Å². The van der Waals surface area contributed by atoms with Gasteiger partial charge in [0.25, 0.3) is 0 Å². The normalized spacial score (nSPS) is 18.0. The van der Waals surface area contributed by atoms with Crippen molar-refractivity contribution in [3.05, 3.63) is 47.2 Å². The van der Waals surface area contributed by atoms with Crippen LogP contribution in [0.15, 0.2) is 41.6 Å². The number of hydrogen-bond acceptors (Lipinski definition) is 4. The molecule has 2 N–H and O–H groups in total. The second kappa shape index (κ2) is 6.80. The van der Waals surface area contributed by atoms with Crippen LogP contribution in [0.25, 0.3) is 6.08 Å². The molecular weight excluding hydrogens is 284 g/mol. The standard InChI is InChI=1S/C16H18N2O4/c1-10-14(15(19)22-3)12(18-16(20)17-10)9-8-11-6-4-5-7-13(11)21-2/h4-9,12H,1-3H3,(H2,17,18,20)/b9-8-/t12-/m1/s1. The van der Waals surface area contributed by atoms with Crippen LogP contribution in [-0.4, -0.2) is 32.3 Å². The number of esters is 1. The van der Waals surface area contributed by atoms with Crippen LogP contribution in [0.3, 0.4) is 0 Å². The third-order valence-corrected chi connectivity index (χ3v) is 3.32. The van der Waals surface area contributed by atoms with Crippen LogP contribution in [0, 0.1) is 0 Å². The minimum absolute atomic E-state index is 0.361. The molecule has 1 atom stereocenters. The number of nitrogens with one attached hydrogen (secondary N) is 2. The van der Waals surface area contributed by atoms with E-state index in [0.717, 1.165) is 5.56 Å². The highest BCUT2D eigenvalue weighted by molar-refractivity contribution is 5.95. The summed E-state index contributed by atoms with van der Waals surface area (Å²) < 4.78 is 10.0. The third-order valence-electron chi connectivity index (χ3n) is 3.32. The molecule has 116 valence electrons. The molecule has 0 aromatic heterocycles. The maximum absolute atomic E-state index is 11.9. The van der Waals surface area contributed by atoms with E-state index >= 15 is 0 Å². The zero-order valence-electron chi connectivity index (χ0n) is 12.7. The van der Waals surface area contributed by atoms with E-state index in [2.05, 4.69) is 10.6 Å². The highest BCUT2D eigenvalue weighted by atomic mass is 16.5. The zero-order chi connectivity index (χ0) is 16.1. The maximum atomic E-state index is 11.9. The molecule has 6 nitrogen and oxygen atoms in total. The zero-order valence-corrected chi connectivity index (χ0v) is 12.7. The van der Waals surface area contributed by atoms with Crippen LogP contribution in [0.4, 0.5) is 4.79 Å². The summed E-state index contributed by atoms with van der Waals surface area (Å²) in [5, 5.41) is 5.25. The van der Waals surface area contributed by atoms with Gasteiger partial charge in [-0.05, 0) is 13.0 Å². The first-order chi connectivity index (χ1) is 10.6. The van der Waals surface area contributed by atoms with Crippen LogP contribution in [-0.2, 0) is 9.53 Å². The second-order valence-corrected chi connectivity index (χ2v) is 4.71. The number of para-hydroxylation sites is 1. The first-order valence-electron chi connectivity index (χ1n) is 6.74. The Kier molecular flexibility index (Phi) is 4.83. The van der Waals surface area contributed by atoms with E-state index < -0.39 is 12.0 Å². The van der Waals surface area contributed by atoms with Gasteiger partial charge in [0.15, 0.2) is 0 Å². The summed E-state index contributed by atoms with van der Waals surface area (Å²) in [6.07, 6.45) is 3.53. The molecule has 1 aromatic carbocycles. The maximum Gasteiger partial charge on any atom is 0.337 e. The van der Waals surface area contributed by atoms with Crippen molar-refractivity contribution in [2.24, 2.45) is 0 Å². The number of rotatable bonds is 4. The predicted molar refractivity (Wildman–Crippen MR) is 82.2 cm³/mol. The van der Waals surface area contributed by atoms with Gasteiger partial charge >= 0.3 is 12.0 Å². The number of allylic oxidation sites excluding steroid dienone is 1. The average Bonchev–Trinajstić information content (AvgIpc) is 2.52. The molecular formula is C16H18N2O4. The number of carbonyl (C=O) groups is 2. The van der Waals surface area contributed by atoms with Crippen LogP contribution < -0.4 is 15.4 Å². The van der Waals surface area contributed by atoms with Crippen LogP contribution in [0.5, 0.6) is 5.75 Å². The summed E-state index contributed by atoms with van der Waals surface area (Å²) in [5.41, 5.74) is 1.69. The highest BCUT2D eigenvalue weighted by Gasteiger charge is 2.28. The molecule has 0 spiro atoms. The Bertz CT molecular complexity index is 649. The van der Waals surface area contributed by atoms with Crippen molar-refractivity contribution in [1.29, 1.82) is 0 Å². The quantitative estimate of drug-likeness (QED) is 0.832. The summed E-state index contributed by atoms with van der Waals surface area (Å²) >= 11 is 0. The lowest BCUT2D eigenvalue weighted by molar-refractivity contribution is -0.136. The Morgan fingerprint density at radius 2 is 2.00 bits per heavy atom. The van der Waals surface area contributed by atoms with E-state index in [9.17, 15) is 9.59 Å². The van der Waals surface area contributed by atoms with E-state index in [1.165, 1.54) is 7.11 Å². The Balaban J connectivity index is 2.33. The number of urea groups is 1. The first kappa shape index (κ1) is 15.6. The molecule has 22 heavy (non-hydrogen) atoms. The van der Waals surface area contributed by atoms with Gasteiger partial charge in [0, 0.05) is 11.3 Å². The van der Waals surface area contributed by atoms with Crippen molar-refractivity contribution >= 4 is 18.1 Å². The van der Waals surface area contributed by atoms with Gasteiger partial charge < -0.3 is 20.1 Å². The number of carbonyl (C=O) groups excluding carboxylic acids is 2. The molecule has 0 aliphatic carbocycles. The molecule has 1 heterocycles. The highest BCUT2D eigenvalue weighted by Crippen LogP contribution is 2.21. The summed E-state index contributed by atoms with van der Waals surface area (Å²) in [7, 11) is 2.89. The van der Waals surface area contributed by atoms with Crippen molar-refractivity contribution in [3.8, 4) is 5.75 Å². The van der Waals surface area contributed by atoms with Crippen molar-refractivity contribution in [3.63, 3.8) is 0 Å². The Labute approximate surface area is 128 Å². The summed E-state index contributed by atoms with van der Waals surface area (Å²) in [5.74, 6) is 0.221. The Morgan fingerprint density at radius 3 is 2.68 bits per heavy atom. The summed E-state index contributed by atoms with van der Waals surface area (Å²) in [6, 6.07) is 6.54. The van der Waals surface area contributed by atoms with Crippen LogP contribution in [0.2, 0.25) is 0 Å². The largest absolute Gasteiger partial charge is 0.496 e. The first-order valence-corrected chi connectivity index (χ1v) is 6.74. The van der Waals surface area contributed by atoms with Gasteiger partial charge in [-0.25, -0.2) is 9.59 Å². The van der Waals surface area contributed by atoms with Gasteiger partial charge in [-0.2, -0.15) is 0 Å². The lowest BCUT2D eigenvalue weighted by atomic mass is 10.0. The van der Waals surface area contributed by atoms with Gasteiger partial charge in [0.1, 0.15) is 5.75 Å². The van der Waals surface area contributed by atoms with Gasteiger partial charge in [0.2, 0.25) is 0 Å². The lowest BCUT2D eigenvalue weighted by Gasteiger charge is -2.25. The molecule has 2 rings (SSSR count). The van der Waals surface area contributed by atoms with Crippen molar-refractivity contribution < 1.29 is 19.1 Å². The number of amides is 2. The number of hydrogen-bond donors (Lipinski definition) is 2. The fraction of sp³-hybridized carbons (Fsp3) is 0.250. The molecule has 1 aliphatic rings. The Morgan fingerprint density at radius 1 is 1.27 bits per heavy atom. The second-order valence-electron chi connectivity index (χ2n) is 4.71. The van der Waals surface area contributed by atoms with Gasteiger partial charge in [0.05, 0.1) is 25.8 Å². The van der Waals surface area contributed by atoms with Crippen molar-refractivity contribution in [2.75, 3.05) is 14.2 Å². The lowest BCUT2D eigenvalue weighted by Crippen LogP contribution is -2.49. The molecule has 6 heteroatoms. The molecule has 0 saturated heterocycles. The number of benzene rings is 1. The third kappa shape index (κ3) is 3.28. The molecule has 2 amide bonds. The number of methoxy groups -OCH3 is 2. The monoisotopic (exact) mass is 302 g/mol. The van der Waals surface area contributed by atoms with E-state index in [-0.39, 0.29) is 6.03 Å². The van der Waals surface area contributed by atoms with Crippen LogP contribution in [0.1, 0.15) is 12.5 Å². The molecule has 1 aromatic rings. The molecule has 0 unspecified atom stereocenters. The minimum atomic E-state index is -0.564. The minimum Gasteiger partial charge on any atom is -0.496 e.